The van der Waals surface area contributed by atoms with Gasteiger partial charge in [-0.2, -0.15) is 0 Å². The molecule has 2 rings (SSSR count). The first-order chi connectivity index (χ1) is 7.65. The van der Waals surface area contributed by atoms with E-state index in [1.165, 1.54) is 0 Å². The molecule has 2 aromatic rings. The van der Waals surface area contributed by atoms with Gasteiger partial charge < -0.3 is 14.9 Å². The van der Waals surface area contributed by atoms with Crippen molar-refractivity contribution in [2.45, 2.75) is 6.92 Å². The number of anilines is 1. The van der Waals surface area contributed by atoms with Crippen LogP contribution in [0.2, 0.25) is 0 Å². The van der Waals surface area contributed by atoms with Gasteiger partial charge in [-0.1, -0.05) is 4.49 Å². The van der Waals surface area contributed by atoms with Crippen molar-refractivity contribution in [1.29, 1.82) is 0 Å². The first kappa shape index (κ1) is 10.6. The standard InChI is InChI=1S/C8H7N3O4S/c1-2-14-7(12)3-5-4(10-11-16-5)8(13)15-6(3)9/h2,9H2,1H3. The lowest BCUT2D eigenvalue weighted by Crippen LogP contribution is -2.12. The first-order valence-electron chi connectivity index (χ1n) is 4.37. The molecule has 16 heavy (non-hydrogen) atoms. The zero-order valence-corrected chi connectivity index (χ0v) is 9.04. The minimum absolute atomic E-state index is 0.00597. The summed E-state index contributed by atoms with van der Waals surface area (Å²) in [5.41, 5.74) is 4.74. The number of carbonyl (C=O) groups is 1. The minimum atomic E-state index is -0.714. The molecule has 0 radical (unpaired) electrons. The van der Waals surface area contributed by atoms with Crippen LogP contribution in [0.4, 0.5) is 5.88 Å². The summed E-state index contributed by atoms with van der Waals surface area (Å²) in [6.07, 6.45) is 0. The summed E-state index contributed by atoms with van der Waals surface area (Å²) in [6.45, 7) is 1.86. The second kappa shape index (κ2) is 3.89. The maximum Gasteiger partial charge on any atom is 0.367 e. The van der Waals surface area contributed by atoms with E-state index in [9.17, 15) is 9.59 Å². The lowest BCUT2D eigenvalue weighted by molar-refractivity contribution is 0.0528. The van der Waals surface area contributed by atoms with Crippen LogP contribution in [0.5, 0.6) is 0 Å². The zero-order chi connectivity index (χ0) is 11.7. The van der Waals surface area contributed by atoms with Crippen LogP contribution in [0.1, 0.15) is 17.3 Å². The Kier molecular flexibility index (Phi) is 2.57. The second-order valence-corrected chi connectivity index (χ2v) is 3.55. The van der Waals surface area contributed by atoms with Gasteiger partial charge in [-0.05, 0) is 18.5 Å². The summed E-state index contributed by atoms with van der Waals surface area (Å²) in [4.78, 5) is 22.9. The third-order valence-corrected chi connectivity index (χ3v) is 2.58. The van der Waals surface area contributed by atoms with Crippen LogP contribution in [-0.4, -0.2) is 22.2 Å². The summed E-state index contributed by atoms with van der Waals surface area (Å²) in [7, 11) is 0. The Hall–Kier alpha value is -1.96. The number of carbonyl (C=O) groups excluding carboxylic acids is 1. The van der Waals surface area contributed by atoms with Gasteiger partial charge in [0.2, 0.25) is 5.88 Å². The van der Waals surface area contributed by atoms with Crippen LogP contribution in [0, 0.1) is 0 Å². The van der Waals surface area contributed by atoms with E-state index in [1.54, 1.807) is 6.92 Å². The van der Waals surface area contributed by atoms with Gasteiger partial charge in [-0.3, -0.25) is 0 Å². The number of rotatable bonds is 2. The van der Waals surface area contributed by atoms with Gasteiger partial charge >= 0.3 is 11.6 Å². The van der Waals surface area contributed by atoms with Gasteiger partial charge in [0.15, 0.2) is 5.52 Å². The number of aromatic nitrogens is 2. The van der Waals surface area contributed by atoms with E-state index < -0.39 is 11.6 Å². The van der Waals surface area contributed by atoms with Crippen LogP contribution in [0.15, 0.2) is 9.21 Å². The summed E-state index contributed by atoms with van der Waals surface area (Å²) in [6, 6.07) is 0. The number of nitrogen functional groups attached to an aromatic ring is 1. The number of hydrogen-bond donors (Lipinski definition) is 1. The Balaban J connectivity index is 2.73. The van der Waals surface area contributed by atoms with Crippen LogP contribution in [0.25, 0.3) is 10.2 Å². The highest BCUT2D eigenvalue weighted by Gasteiger charge is 2.22. The molecule has 2 heterocycles. The topological polar surface area (TPSA) is 108 Å². The quantitative estimate of drug-likeness (QED) is 0.758. The molecule has 0 spiro atoms. The molecule has 0 unspecified atom stereocenters. The number of nitrogens with zero attached hydrogens (tertiary/aromatic N) is 2. The Morgan fingerprint density at radius 1 is 1.62 bits per heavy atom. The largest absolute Gasteiger partial charge is 0.462 e. The van der Waals surface area contributed by atoms with Crippen molar-refractivity contribution in [1.82, 2.24) is 9.59 Å². The van der Waals surface area contributed by atoms with E-state index in [2.05, 4.69) is 14.0 Å². The van der Waals surface area contributed by atoms with E-state index in [4.69, 9.17) is 10.5 Å². The molecule has 0 aliphatic rings. The van der Waals surface area contributed by atoms with Crippen LogP contribution >= 0.6 is 11.5 Å². The molecule has 0 bridgehead atoms. The zero-order valence-electron chi connectivity index (χ0n) is 8.22. The molecule has 0 saturated carbocycles. The van der Waals surface area contributed by atoms with Crippen molar-refractivity contribution in [3.05, 3.63) is 16.0 Å². The molecular weight excluding hydrogens is 234 g/mol. The van der Waals surface area contributed by atoms with Crippen LogP contribution in [0.3, 0.4) is 0 Å². The van der Waals surface area contributed by atoms with E-state index in [0.717, 1.165) is 11.5 Å². The molecule has 84 valence electrons. The van der Waals surface area contributed by atoms with Crippen LogP contribution in [-0.2, 0) is 4.74 Å². The van der Waals surface area contributed by atoms with Crippen molar-refractivity contribution < 1.29 is 13.9 Å². The normalized spacial score (nSPS) is 10.6. The van der Waals surface area contributed by atoms with Crippen molar-refractivity contribution in [3.63, 3.8) is 0 Å². The van der Waals surface area contributed by atoms with Crippen molar-refractivity contribution in [3.8, 4) is 0 Å². The highest BCUT2D eigenvalue weighted by molar-refractivity contribution is 7.13. The second-order valence-electron chi connectivity index (χ2n) is 2.80. The first-order valence-corrected chi connectivity index (χ1v) is 5.14. The Morgan fingerprint density at radius 3 is 3.06 bits per heavy atom. The lowest BCUT2D eigenvalue weighted by Gasteiger charge is -2.03. The van der Waals surface area contributed by atoms with Crippen LogP contribution < -0.4 is 11.4 Å². The molecule has 0 aromatic carbocycles. The number of hydrogen-bond acceptors (Lipinski definition) is 8. The molecule has 0 atom stereocenters. The fourth-order valence-electron chi connectivity index (χ4n) is 1.20. The Morgan fingerprint density at radius 2 is 2.38 bits per heavy atom. The van der Waals surface area contributed by atoms with Gasteiger partial charge in [0.05, 0.1) is 6.61 Å². The predicted molar refractivity (Wildman–Crippen MR) is 56.3 cm³/mol. The van der Waals surface area contributed by atoms with Gasteiger partial charge in [0.25, 0.3) is 0 Å². The van der Waals surface area contributed by atoms with Crippen molar-refractivity contribution >= 4 is 33.6 Å². The maximum absolute atomic E-state index is 11.6. The van der Waals surface area contributed by atoms with Gasteiger partial charge in [-0.25, -0.2) is 9.59 Å². The third kappa shape index (κ3) is 1.52. The van der Waals surface area contributed by atoms with Gasteiger partial charge in [0, 0.05) is 0 Å². The number of fused-ring (bicyclic) bond motifs is 1. The van der Waals surface area contributed by atoms with E-state index >= 15 is 0 Å². The average molecular weight is 241 g/mol. The molecule has 0 amide bonds. The SMILES string of the molecule is CCOC(=O)c1c(N)oc(=O)c2nnsc12. The van der Waals surface area contributed by atoms with E-state index in [-0.39, 0.29) is 28.3 Å². The number of ether oxygens (including phenoxy) is 1. The number of nitrogens with two attached hydrogens (primary N) is 1. The van der Waals surface area contributed by atoms with Crippen molar-refractivity contribution in [2.24, 2.45) is 0 Å². The molecule has 0 fully saturated rings. The van der Waals surface area contributed by atoms with E-state index in [0.29, 0.717) is 0 Å². The molecule has 2 N–H and O–H groups in total. The smallest absolute Gasteiger partial charge is 0.367 e. The fraction of sp³-hybridized carbons (Fsp3) is 0.250. The molecular formula is C8H7N3O4S. The molecule has 7 nitrogen and oxygen atoms in total. The minimum Gasteiger partial charge on any atom is -0.462 e. The van der Waals surface area contributed by atoms with Gasteiger partial charge in [-0.15, -0.1) is 5.10 Å². The predicted octanol–water partition coefficient (Wildman–Crippen LogP) is 0.403. The molecule has 0 aliphatic carbocycles. The molecule has 0 saturated heterocycles. The van der Waals surface area contributed by atoms with E-state index in [1.807, 2.05) is 0 Å². The maximum atomic E-state index is 11.6. The molecule has 8 heteroatoms. The fourth-order valence-corrected chi connectivity index (χ4v) is 1.89. The van der Waals surface area contributed by atoms with Crippen molar-refractivity contribution in [2.75, 3.05) is 12.3 Å². The molecule has 2 aromatic heterocycles. The molecule has 0 aliphatic heterocycles. The lowest BCUT2D eigenvalue weighted by atomic mass is 10.2. The summed E-state index contributed by atoms with van der Waals surface area (Å²) in [5.74, 6) is -0.929. The summed E-state index contributed by atoms with van der Waals surface area (Å²) < 4.78 is 13.3. The average Bonchev–Trinajstić information content (AvgIpc) is 2.66. The summed E-state index contributed by atoms with van der Waals surface area (Å²) >= 11 is 0.895. The monoisotopic (exact) mass is 241 g/mol. The Labute approximate surface area is 93.0 Å². The highest BCUT2D eigenvalue weighted by Crippen LogP contribution is 2.23. The number of esters is 1. The summed E-state index contributed by atoms with van der Waals surface area (Å²) in [5, 5.41) is 3.56. The Bertz CT molecular complexity index is 603. The third-order valence-electron chi connectivity index (χ3n) is 1.84. The highest BCUT2D eigenvalue weighted by atomic mass is 32.1. The van der Waals surface area contributed by atoms with Gasteiger partial charge in [0.1, 0.15) is 10.3 Å².